The molecule has 7 nitrogen and oxygen atoms in total. The lowest BCUT2D eigenvalue weighted by Crippen LogP contribution is -2.08. The molecule has 0 spiro atoms. The number of pyridine rings is 1. The van der Waals surface area contributed by atoms with Crippen molar-refractivity contribution < 1.29 is 18.8 Å². The van der Waals surface area contributed by atoms with Gasteiger partial charge in [-0.15, -0.1) is 0 Å². The van der Waals surface area contributed by atoms with Crippen molar-refractivity contribution in [2.45, 2.75) is 0 Å². The number of rotatable bonds is 4. The van der Waals surface area contributed by atoms with E-state index in [1.54, 1.807) is 40.9 Å². The van der Waals surface area contributed by atoms with Crippen LogP contribution in [-0.4, -0.2) is 20.3 Å². The Morgan fingerprint density at radius 1 is 1.00 bits per heavy atom. The third-order valence-electron chi connectivity index (χ3n) is 4.09. The number of benzene rings is 2. The second-order valence-electron chi connectivity index (χ2n) is 5.96. The van der Waals surface area contributed by atoms with Gasteiger partial charge in [-0.25, -0.2) is 14.2 Å². The molecule has 4 rings (SSSR count). The summed E-state index contributed by atoms with van der Waals surface area (Å²) in [4.78, 5) is 26.9. The van der Waals surface area contributed by atoms with Crippen LogP contribution >= 0.6 is 0 Å². The Balaban J connectivity index is 1.54. The van der Waals surface area contributed by atoms with Crippen molar-refractivity contribution in [2.75, 3.05) is 0 Å². The maximum absolute atomic E-state index is 12.9. The molecule has 0 aliphatic rings. The van der Waals surface area contributed by atoms with Crippen molar-refractivity contribution in [3.8, 4) is 17.0 Å². The van der Waals surface area contributed by atoms with E-state index in [2.05, 4.69) is 4.98 Å². The van der Waals surface area contributed by atoms with Crippen LogP contribution < -0.4 is 4.74 Å². The van der Waals surface area contributed by atoms with Crippen LogP contribution in [0.5, 0.6) is 5.75 Å². The van der Waals surface area contributed by atoms with Gasteiger partial charge in [0.2, 0.25) is 0 Å². The number of carbonyl (C=O) groups excluding carboxylic acids is 1. The van der Waals surface area contributed by atoms with Crippen LogP contribution in [0.3, 0.4) is 0 Å². The van der Waals surface area contributed by atoms with Crippen molar-refractivity contribution in [1.29, 1.82) is 0 Å². The largest absolute Gasteiger partial charge is 0.423 e. The third kappa shape index (κ3) is 3.43. The molecule has 138 valence electrons. The average molecular weight is 377 g/mol. The van der Waals surface area contributed by atoms with Gasteiger partial charge in [0, 0.05) is 17.8 Å². The van der Waals surface area contributed by atoms with Crippen molar-refractivity contribution in [3.63, 3.8) is 0 Å². The van der Waals surface area contributed by atoms with Crippen molar-refractivity contribution in [2.24, 2.45) is 0 Å². The lowest BCUT2D eigenvalue weighted by Gasteiger charge is -2.05. The summed E-state index contributed by atoms with van der Waals surface area (Å²) in [5.41, 5.74) is 2.17. The Hall–Kier alpha value is -4.07. The van der Waals surface area contributed by atoms with E-state index in [-0.39, 0.29) is 11.3 Å². The highest BCUT2D eigenvalue weighted by atomic mass is 19.1. The second kappa shape index (κ2) is 6.92. The molecule has 0 saturated carbocycles. The van der Waals surface area contributed by atoms with E-state index < -0.39 is 16.7 Å². The molecule has 0 amide bonds. The van der Waals surface area contributed by atoms with Crippen LogP contribution in [0.15, 0.2) is 73.1 Å². The summed E-state index contributed by atoms with van der Waals surface area (Å²) >= 11 is 0. The molecule has 28 heavy (non-hydrogen) atoms. The number of aromatic nitrogens is 2. The van der Waals surface area contributed by atoms with Gasteiger partial charge in [0.05, 0.1) is 22.4 Å². The number of hydrogen-bond acceptors (Lipinski definition) is 5. The van der Waals surface area contributed by atoms with E-state index in [1.807, 2.05) is 0 Å². The summed E-state index contributed by atoms with van der Waals surface area (Å²) in [6.07, 6.45) is 3.08. The first kappa shape index (κ1) is 17.3. The molecular weight excluding hydrogens is 365 g/mol. The smallest absolute Gasteiger partial charge is 0.343 e. The van der Waals surface area contributed by atoms with E-state index >= 15 is 0 Å². The molecule has 0 radical (unpaired) electrons. The predicted molar refractivity (Wildman–Crippen MR) is 98.6 cm³/mol. The number of nitro groups is 1. The Morgan fingerprint density at radius 3 is 2.39 bits per heavy atom. The molecule has 2 aromatic carbocycles. The SMILES string of the molecule is O=C(Oc1ccc(-c2cn3cc([N+](=O)[O-])ccc3n2)cc1)c1ccc(F)cc1. The van der Waals surface area contributed by atoms with Crippen molar-refractivity contribution >= 4 is 17.3 Å². The van der Waals surface area contributed by atoms with E-state index in [4.69, 9.17) is 4.74 Å². The van der Waals surface area contributed by atoms with Gasteiger partial charge in [0.25, 0.3) is 5.69 Å². The van der Waals surface area contributed by atoms with E-state index in [0.29, 0.717) is 17.1 Å². The summed E-state index contributed by atoms with van der Waals surface area (Å²) in [5, 5.41) is 10.9. The fourth-order valence-corrected chi connectivity index (χ4v) is 2.67. The zero-order chi connectivity index (χ0) is 19.7. The monoisotopic (exact) mass is 377 g/mol. The quantitative estimate of drug-likeness (QED) is 0.229. The highest BCUT2D eigenvalue weighted by Gasteiger charge is 2.11. The fraction of sp³-hybridized carbons (Fsp3) is 0. The zero-order valence-corrected chi connectivity index (χ0v) is 14.3. The summed E-state index contributed by atoms with van der Waals surface area (Å²) in [6, 6.07) is 14.7. The molecule has 0 atom stereocenters. The van der Waals surface area contributed by atoms with Gasteiger partial charge in [-0.05, 0) is 54.6 Å². The molecular formula is C20H12FN3O4. The number of imidazole rings is 1. The van der Waals surface area contributed by atoms with Crippen LogP contribution in [0.25, 0.3) is 16.9 Å². The number of hydrogen-bond donors (Lipinski definition) is 0. The summed E-state index contributed by atoms with van der Waals surface area (Å²) < 4.78 is 19.8. The van der Waals surface area contributed by atoms with Gasteiger partial charge in [0.1, 0.15) is 17.2 Å². The average Bonchev–Trinajstić information content (AvgIpc) is 3.12. The first-order valence-electron chi connectivity index (χ1n) is 8.21. The molecule has 2 heterocycles. The topological polar surface area (TPSA) is 86.7 Å². The number of esters is 1. The van der Waals surface area contributed by atoms with E-state index in [9.17, 15) is 19.3 Å². The standard InChI is InChI=1S/C20H12FN3O4/c21-15-5-1-14(2-6-15)20(25)28-17-8-3-13(4-9-17)18-12-23-11-16(24(26)27)7-10-19(23)22-18/h1-12H. The van der Waals surface area contributed by atoms with Crippen LogP contribution in [0, 0.1) is 15.9 Å². The molecule has 0 saturated heterocycles. The van der Waals surface area contributed by atoms with Crippen LogP contribution in [0.1, 0.15) is 10.4 Å². The Bertz CT molecular complexity index is 1180. The minimum atomic E-state index is -0.590. The van der Waals surface area contributed by atoms with Crippen molar-refractivity contribution in [3.05, 3.63) is 94.6 Å². The number of ether oxygens (including phenoxy) is 1. The molecule has 0 bridgehead atoms. The minimum Gasteiger partial charge on any atom is -0.423 e. The Morgan fingerprint density at radius 2 is 1.71 bits per heavy atom. The normalized spacial score (nSPS) is 10.8. The molecule has 2 aromatic heterocycles. The molecule has 0 unspecified atom stereocenters. The number of nitrogens with zero attached hydrogens (tertiary/aromatic N) is 3. The minimum absolute atomic E-state index is 0.0282. The highest BCUT2D eigenvalue weighted by molar-refractivity contribution is 5.91. The fourth-order valence-electron chi connectivity index (χ4n) is 2.67. The maximum Gasteiger partial charge on any atom is 0.343 e. The van der Waals surface area contributed by atoms with Gasteiger partial charge in [-0.1, -0.05) is 0 Å². The molecule has 0 N–H and O–H groups in total. The lowest BCUT2D eigenvalue weighted by molar-refractivity contribution is -0.385. The van der Waals surface area contributed by atoms with Gasteiger partial charge in [0.15, 0.2) is 0 Å². The van der Waals surface area contributed by atoms with Gasteiger partial charge >= 0.3 is 5.97 Å². The van der Waals surface area contributed by atoms with Crippen molar-refractivity contribution in [1.82, 2.24) is 9.38 Å². The van der Waals surface area contributed by atoms with E-state index in [1.165, 1.54) is 36.5 Å². The molecule has 0 aliphatic carbocycles. The Labute approximate surface area is 157 Å². The number of fused-ring (bicyclic) bond motifs is 1. The van der Waals surface area contributed by atoms with Crippen LogP contribution in [-0.2, 0) is 0 Å². The first-order valence-corrected chi connectivity index (χ1v) is 8.21. The predicted octanol–water partition coefficient (Wildman–Crippen LogP) is 4.27. The molecule has 0 fully saturated rings. The number of halogens is 1. The summed E-state index contributed by atoms with van der Waals surface area (Å²) in [7, 11) is 0. The Kier molecular flexibility index (Phi) is 4.29. The number of carbonyl (C=O) groups is 1. The maximum atomic E-state index is 12.9. The lowest BCUT2D eigenvalue weighted by atomic mass is 10.1. The molecule has 8 heteroatoms. The van der Waals surface area contributed by atoms with E-state index in [0.717, 1.165) is 5.56 Å². The van der Waals surface area contributed by atoms with Crippen LogP contribution in [0.4, 0.5) is 10.1 Å². The first-order chi connectivity index (χ1) is 13.5. The molecule has 4 aromatic rings. The van der Waals surface area contributed by atoms with Gasteiger partial charge in [-0.2, -0.15) is 0 Å². The highest BCUT2D eigenvalue weighted by Crippen LogP contribution is 2.24. The third-order valence-corrected chi connectivity index (χ3v) is 4.09. The molecule has 0 aliphatic heterocycles. The second-order valence-corrected chi connectivity index (χ2v) is 5.96. The van der Waals surface area contributed by atoms with Gasteiger partial charge < -0.3 is 4.74 Å². The zero-order valence-electron chi connectivity index (χ0n) is 14.3. The summed E-state index contributed by atoms with van der Waals surface area (Å²) in [5.74, 6) is -0.691. The van der Waals surface area contributed by atoms with Gasteiger partial charge in [-0.3, -0.25) is 14.5 Å². The summed E-state index contributed by atoms with van der Waals surface area (Å²) in [6.45, 7) is 0. The van der Waals surface area contributed by atoms with Crippen LogP contribution in [0.2, 0.25) is 0 Å².